The molecule has 1 N–H and O–H groups in total. The standard InChI is InChI=1S/C13H16O/c1-2-11-9-6-10-13(11,14)12-7-4-3-5-8-12/h2-5,7-8,11,14H,1,6,9-10H2/t11-,13-/m0/s1. The zero-order valence-electron chi connectivity index (χ0n) is 8.32. The molecule has 0 aliphatic heterocycles. The third kappa shape index (κ3) is 1.38. The van der Waals surface area contributed by atoms with Crippen molar-refractivity contribution in [3.8, 4) is 0 Å². The van der Waals surface area contributed by atoms with Gasteiger partial charge in [0.1, 0.15) is 0 Å². The van der Waals surface area contributed by atoms with Gasteiger partial charge in [-0.15, -0.1) is 6.58 Å². The van der Waals surface area contributed by atoms with Crippen molar-refractivity contribution < 1.29 is 5.11 Å². The second kappa shape index (κ2) is 3.58. The van der Waals surface area contributed by atoms with Gasteiger partial charge in [-0.25, -0.2) is 0 Å². The Labute approximate surface area is 85.1 Å². The summed E-state index contributed by atoms with van der Waals surface area (Å²) < 4.78 is 0. The fourth-order valence-corrected chi connectivity index (χ4v) is 2.41. The Hall–Kier alpha value is -1.08. The predicted octanol–water partition coefficient (Wildman–Crippen LogP) is 2.86. The minimum absolute atomic E-state index is 0.213. The number of hydrogen-bond acceptors (Lipinski definition) is 1. The molecule has 0 bridgehead atoms. The van der Waals surface area contributed by atoms with E-state index in [1.165, 1.54) is 0 Å². The molecule has 1 saturated carbocycles. The summed E-state index contributed by atoms with van der Waals surface area (Å²) in [5, 5.41) is 10.6. The summed E-state index contributed by atoms with van der Waals surface area (Å²) in [5.41, 5.74) is 0.366. The SMILES string of the molecule is C=C[C@H]1CCC[C@@]1(O)c1ccccc1. The average molecular weight is 188 g/mol. The van der Waals surface area contributed by atoms with Crippen LogP contribution in [0.5, 0.6) is 0 Å². The smallest absolute Gasteiger partial charge is 0.0958 e. The van der Waals surface area contributed by atoms with Gasteiger partial charge < -0.3 is 5.11 Å². The Morgan fingerprint density at radius 2 is 2.07 bits per heavy atom. The van der Waals surface area contributed by atoms with Crippen LogP contribution in [0.2, 0.25) is 0 Å². The topological polar surface area (TPSA) is 20.2 Å². The van der Waals surface area contributed by atoms with Crippen LogP contribution in [-0.4, -0.2) is 5.11 Å². The highest BCUT2D eigenvalue weighted by Crippen LogP contribution is 2.43. The van der Waals surface area contributed by atoms with E-state index in [4.69, 9.17) is 0 Å². The normalized spacial score (nSPS) is 31.6. The molecule has 0 amide bonds. The van der Waals surface area contributed by atoms with Gasteiger partial charge in [0, 0.05) is 5.92 Å². The van der Waals surface area contributed by atoms with Crippen molar-refractivity contribution in [3.63, 3.8) is 0 Å². The zero-order valence-corrected chi connectivity index (χ0v) is 8.32. The lowest BCUT2D eigenvalue weighted by atomic mass is 9.84. The Kier molecular flexibility index (Phi) is 2.42. The Bertz CT molecular complexity index is 317. The van der Waals surface area contributed by atoms with Crippen LogP contribution >= 0.6 is 0 Å². The Morgan fingerprint density at radius 1 is 1.36 bits per heavy atom. The maximum absolute atomic E-state index is 10.6. The minimum atomic E-state index is -0.664. The highest BCUT2D eigenvalue weighted by atomic mass is 16.3. The third-order valence-electron chi connectivity index (χ3n) is 3.24. The number of rotatable bonds is 2. The molecule has 1 fully saturated rings. The van der Waals surface area contributed by atoms with E-state index in [9.17, 15) is 5.11 Å². The van der Waals surface area contributed by atoms with Crippen molar-refractivity contribution >= 4 is 0 Å². The fourth-order valence-electron chi connectivity index (χ4n) is 2.41. The molecule has 2 atom stereocenters. The van der Waals surface area contributed by atoms with E-state index in [-0.39, 0.29) is 5.92 Å². The van der Waals surface area contributed by atoms with Gasteiger partial charge in [-0.2, -0.15) is 0 Å². The number of benzene rings is 1. The first-order chi connectivity index (χ1) is 6.77. The molecule has 1 heteroatoms. The summed E-state index contributed by atoms with van der Waals surface area (Å²) in [7, 11) is 0. The van der Waals surface area contributed by atoms with Gasteiger partial charge >= 0.3 is 0 Å². The minimum Gasteiger partial charge on any atom is -0.385 e. The van der Waals surface area contributed by atoms with Crippen LogP contribution < -0.4 is 0 Å². The number of hydrogen-bond donors (Lipinski definition) is 1. The summed E-state index contributed by atoms with van der Waals surface area (Å²) in [5.74, 6) is 0.213. The van der Waals surface area contributed by atoms with E-state index in [0.717, 1.165) is 24.8 Å². The molecule has 0 heterocycles. The molecule has 0 aromatic heterocycles. The summed E-state index contributed by atoms with van der Waals surface area (Å²) in [6.07, 6.45) is 4.88. The predicted molar refractivity (Wildman–Crippen MR) is 57.9 cm³/mol. The van der Waals surface area contributed by atoms with Gasteiger partial charge in [-0.1, -0.05) is 36.4 Å². The van der Waals surface area contributed by atoms with Gasteiger partial charge in [-0.05, 0) is 24.8 Å². The van der Waals surface area contributed by atoms with E-state index < -0.39 is 5.60 Å². The first kappa shape index (κ1) is 9.47. The van der Waals surface area contributed by atoms with Crippen LogP contribution in [-0.2, 0) is 5.60 Å². The largest absolute Gasteiger partial charge is 0.385 e. The molecule has 74 valence electrons. The molecule has 2 rings (SSSR count). The lowest BCUT2D eigenvalue weighted by Crippen LogP contribution is -2.28. The Balaban J connectivity index is 2.36. The fraction of sp³-hybridized carbons (Fsp3) is 0.385. The second-order valence-electron chi connectivity index (χ2n) is 4.02. The molecule has 0 spiro atoms. The maximum atomic E-state index is 10.6. The molecular formula is C13H16O. The Morgan fingerprint density at radius 3 is 2.71 bits per heavy atom. The van der Waals surface area contributed by atoms with Crippen molar-refractivity contribution in [2.75, 3.05) is 0 Å². The molecule has 1 aliphatic carbocycles. The molecule has 1 aromatic carbocycles. The lowest BCUT2D eigenvalue weighted by molar-refractivity contribution is 0.0150. The van der Waals surface area contributed by atoms with Gasteiger partial charge in [0.15, 0.2) is 0 Å². The van der Waals surface area contributed by atoms with Crippen LogP contribution in [0.1, 0.15) is 24.8 Å². The molecule has 1 aromatic rings. The van der Waals surface area contributed by atoms with Gasteiger partial charge in [-0.3, -0.25) is 0 Å². The summed E-state index contributed by atoms with van der Waals surface area (Å²) in [6, 6.07) is 9.94. The van der Waals surface area contributed by atoms with Gasteiger partial charge in [0.2, 0.25) is 0 Å². The van der Waals surface area contributed by atoms with Crippen LogP contribution in [0.3, 0.4) is 0 Å². The van der Waals surface area contributed by atoms with Gasteiger partial charge in [0.25, 0.3) is 0 Å². The molecule has 0 radical (unpaired) electrons. The number of aliphatic hydroxyl groups is 1. The molecule has 14 heavy (non-hydrogen) atoms. The zero-order chi connectivity index (χ0) is 10.0. The highest BCUT2D eigenvalue weighted by molar-refractivity contribution is 5.26. The van der Waals surface area contributed by atoms with Gasteiger partial charge in [0.05, 0.1) is 5.60 Å². The van der Waals surface area contributed by atoms with Crippen molar-refractivity contribution in [3.05, 3.63) is 48.6 Å². The second-order valence-corrected chi connectivity index (χ2v) is 4.02. The summed E-state index contributed by atoms with van der Waals surface area (Å²) >= 11 is 0. The van der Waals surface area contributed by atoms with Crippen LogP contribution in [0.15, 0.2) is 43.0 Å². The van der Waals surface area contributed by atoms with Crippen LogP contribution in [0.4, 0.5) is 0 Å². The first-order valence-electron chi connectivity index (χ1n) is 5.18. The molecular weight excluding hydrogens is 172 g/mol. The average Bonchev–Trinajstić information content (AvgIpc) is 2.62. The quantitative estimate of drug-likeness (QED) is 0.707. The third-order valence-corrected chi connectivity index (χ3v) is 3.24. The van der Waals surface area contributed by atoms with E-state index in [2.05, 4.69) is 6.58 Å². The molecule has 0 saturated heterocycles. The van der Waals surface area contributed by atoms with E-state index in [0.29, 0.717) is 0 Å². The van der Waals surface area contributed by atoms with Crippen LogP contribution in [0, 0.1) is 5.92 Å². The van der Waals surface area contributed by atoms with Crippen LogP contribution in [0.25, 0.3) is 0 Å². The maximum Gasteiger partial charge on any atom is 0.0958 e. The summed E-state index contributed by atoms with van der Waals surface area (Å²) in [4.78, 5) is 0. The van der Waals surface area contributed by atoms with E-state index in [1.807, 2.05) is 36.4 Å². The lowest BCUT2D eigenvalue weighted by Gasteiger charge is -2.28. The highest BCUT2D eigenvalue weighted by Gasteiger charge is 2.40. The molecule has 1 aliphatic rings. The molecule has 1 nitrogen and oxygen atoms in total. The van der Waals surface area contributed by atoms with Crippen molar-refractivity contribution in [2.24, 2.45) is 5.92 Å². The summed E-state index contributed by atoms with van der Waals surface area (Å²) in [6.45, 7) is 3.80. The van der Waals surface area contributed by atoms with Crippen molar-refractivity contribution in [2.45, 2.75) is 24.9 Å². The van der Waals surface area contributed by atoms with Crippen molar-refractivity contribution in [1.29, 1.82) is 0 Å². The van der Waals surface area contributed by atoms with E-state index in [1.54, 1.807) is 0 Å². The van der Waals surface area contributed by atoms with E-state index >= 15 is 0 Å². The monoisotopic (exact) mass is 188 g/mol. The molecule has 0 unspecified atom stereocenters. The first-order valence-corrected chi connectivity index (χ1v) is 5.18. The van der Waals surface area contributed by atoms with Crippen molar-refractivity contribution in [1.82, 2.24) is 0 Å².